The maximum absolute atomic E-state index is 13.9. The molecular weight excluding hydrogens is 357 g/mol. The van der Waals surface area contributed by atoms with Crippen LogP contribution in [0.4, 0.5) is 21.6 Å². The number of nitrogens with one attached hydrogen (secondary N) is 1. The second kappa shape index (κ2) is 7.46. The Kier molecular flexibility index (Phi) is 5.28. The topological polar surface area (TPSA) is 68.8 Å². The van der Waals surface area contributed by atoms with E-state index in [0.717, 1.165) is 23.1 Å². The van der Waals surface area contributed by atoms with Crippen LogP contribution in [-0.2, 0) is 10.2 Å². The number of hydrogen-bond acceptors (Lipinski definition) is 5. The molecule has 1 saturated heterocycles. The van der Waals surface area contributed by atoms with E-state index in [4.69, 9.17) is 0 Å². The molecule has 140 valence electrons. The standard InChI is InChI=1S/C17H22FN5O2S/c1-21(2)26(24,25)20-17-8-7-14(13-19-17)22-9-11-23(12-10-22)16-6-4-3-5-15(16)18/h3-8,13H,9-12H2,1-2H3,(H,19,20). The molecule has 0 saturated carbocycles. The number of rotatable bonds is 5. The lowest BCUT2D eigenvalue weighted by Crippen LogP contribution is -2.46. The Morgan fingerprint density at radius 2 is 1.69 bits per heavy atom. The maximum atomic E-state index is 13.9. The van der Waals surface area contributed by atoms with Crippen molar-refractivity contribution in [1.29, 1.82) is 0 Å². The lowest BCUT2D eigenvalue weighted by atomic mass is 10.2. The molecule has 1 fully saturated rings. The van der Waals surface area contributed by atoms with Gasteiger partial charge in [0.2, 0.25) is 0 Å². The number of halogens is 1. The first kappa shape index (κ1) is 18.4. The highest BCUT2D eigenvalue weighted by molar-refractivity contribution is 7.90. The summed E-state index contributed by atoms with van der Waals surface area (Å²) in [5, 5.41) is 0. The number of anilines is 3. The highest BCUT2D eigenvalue weighted by Crippen LogP contribution is 2.23. The number of piperazine rings is 1. The molecule has 3 rings (SSSR count). The molecular formula is C17H22FN5O2S. The number of pyridine rings is 1. The Balaban J connectivity index is 1.62. The highest BCUT2D eigenvalue weighted by atomic mass is 32.2. The predicted molar refractivity (Wildman–Crippen MR) is 101 cm³/mol. The van der Waals surface area contributed by atoms with E-state index in [-0.39, 0.29) is 11.6 Å². The summed E-state index contributed by atoms with van der Waals surface area (Å²) in [5.74, 6) is 0.0626. The molecule has 0 aliphatic carbocycles. The van der Waals surface area contributed by atoms with E-state index in [2.05, 4.69) is 14.6 Å². The van der Waals surface area contributed by atoms with Gasteiger partial charge >= 0.3 is 10.2 Å². The van der Waals surface area contributed by atoms with Gasteiger partial charge in [0.25, 0.3) is 0 Å². The van der Waals surface area contributed by atoms with E-state index in [1.807, 2.05) is 17.0 Å². The van der Waals surface area contributed by atoms with Gasteiger partial charge in [0, 0.05) is 40.3 Å². The zero-order valence-electron chi connectivity index (χ0n) is 14.8. The second-order valence-corrected chi connectivity index (χ2v) is 8.10. The third-order valence-electron chi connectivity index (χ3n) is 4.30. The molecule has 9 heteroatoms. The largest absolute Gasteiger partial charge is 0.367 e. The van der Waals surface area contributed by atoms with Crippen molar-refractivity contribution in [3.8, 4) is 0 Å². The molecule has 1 N–H and O–H groups in total. The van der Waals surface area contributed by atoms with Crippen LogP contribution in [0.15, 0.2) is 42.6 Å². The van der Waals surface area contributed by atoms with E-state index in [1.165, 1.54) is 20.2 Å². The molecule has 1 aromatic carbocycles. The Bertz CT molecular complexity index is 850. The smallest absolute Gasteiger partial charge is 0.302 e. The zero-order valence-corrected chi connectivity index (χ0v) is 15.6. The third-order valence-corrected chi connectivity index (χ3v) is 5.73. The zero-order chi connectivity index (χ0) is 18.7. The summed E-state index contributed by atoms with van der Waals surface area (Å²) in [5.41, 5.74) is 1.53. The Hall–Kier alpha value is -2.39. The Morgan fingerprint density at radius 1 is 1.04 bits per heavy atom. The van der Waals surface area contributed by atoms with E-state index in [1.54, 1.807) is 24.4 Å². The van der Waals surface area contributed by atoms with Crippen molar-refractivity contribution < 1.29 is 12.8 Å². The van der Waals surface area contributed by atoms with E-state index >= 15 is 0 Å². The van der Waals surface area contributed by atoms with Gasteiger partial charge in [0.05, 0.1) is 17.6 Å². The van der Waals surface area contributed by atoms with Crippen LogP contribution in [0.1, 0.15) is 0 Å². The summed E-state index contributed by atoms with van der Waals surface area (Å²) >= 11 is 0. The fourth-order valence-corrected chi connectivity index (χ4v) is 3.34. The average molecular weight is 379 g/mol. The van der Waals surface area contributed by atoms with Gasteiger partial charge in [-0.1, -0.05) is 12.1 Å². The quantitative estimate of drug-likeness (QED) is 0.858. The van der Waals surface area contributed by atoms with Gasteiger partial charge < -0.3 is 9.80 Å². The number of hydrogen-bond donors (Lipinski definition) is 1. The lowest BCUT2D eigenvalue weighted by molar-refractivity contribution is 0.526. The van der Waals surface area contributed by atoms with Gasteiger partial charge in [0.1, 0.15) is 11.6 Å². The third kappa shape index (κ3) is 4.05. The van der Waals surface area contributed by atoms with Crippen LogP contribution in [-0.4, -0.2) is 58.0 Å². The van der Waals surface area contributed by atoms with Crippen LogP contribution in [0, 0.1) is 5.82 Å². The molecule has 7 nitrogen and oxygen atoms in total. The van der Waals surface area contributed by atoms with Gasteiger partial charge in [0.15, 0.2) is 0 Å². The summed E-state index contributed by atoms with van der Waals surface area (Å²) in [6, 6.07) is 10.3. The molecule has 0 amide bonds. The molecule has 1 aromatic heterocycles. The van der Waals surface area contributed by atoms with Gasteiger partial charge in [-0.05, 0) is 24.3 Å². The van der Waals surface area contributed by atoms with Crippen molar-refractivity contribution in [3.63, 3.8) is 0 Å². The first-order valence-corrected chi connectivity index (χ1v) is 9.71. The summed E-state index contributed by atoms with van der Waals surface area (Å²) in [4.78, 5) is 8.35. The van der Waals surface area contributed by atoms with Gasteiger partial charge in [-0.25, -0.2) is 9.37 Å². The SMILES string of the molecule is CN(C)S(=O)(=O)Nc1ccc(N2CCN(c3ccccc3F)CC2)cn1. The lowest BCUT2D eigenvalue weighted by Gasteiger charge is -2.37. The molecule has 2 heterocycles. The molecule has 1 aliphatic heterocycles. The van der Waals surface area contributed by atoms with Crippen LogP contribution < -0.4 is 14.5 Å². The minimum atomic E-state index is -3.57. The van der Waals surface area contributed by atoms with E-state index < -0.39 is 10.2 Å². The average Bonchev–Trinajstić information content (AvgIpc) is 2.63. The van der Waals surface area contributed by atoms with Gasteiger partial charge in [-0.15, -0.1) is 0 Å². The van der Waals surface area contributed by atoms with Crippen molar-refractivity contribution in [2.24, 2.45) is 0 Å². The molecule has 0 bridgehead atoms. The number of para-hydroxylation sites is 1. The number of benzene rings is 1. The summed E-state index contributed by atoms with van der Waals surface area (Å²) < 4.78 is 41.0. The Labute approximate surface area is 153 Å². The maximum Gasteiger partial charge on any atom is 0.302 e. The van der Waals surface area contributed by atoms with Gasteiger partial charge in [-0.2, -0.15) is 12.7 Å². The molecule has 0 spiro atoms. The normalized spacial score (nSPS) is 15.4. The van der Waals surface area contributed by atoms with Crippen LogP contribution in [0.3, 0.4) is 0 Å². The van der Waals surface area contributed by atoms with Crippen LogP contribution in [0.25, 0.3) is 0 Å². The summed E-state index contributed by atoms with van der Waals surface area (Å²) in [6.45, 7) is 2.88. The van der Waals surface area contributed by atoms with Crippen LogP contribution in [0.5, 0.6) is 0 Å². The molecule has 26 heavy (non-hydrogen) atoms. The second-order valence-electron chi connectivity index (χ2n) is 6.22. The minimum Gasteiger partial charge on any atom is -0.367 e. The molecule has 0 radical (unpaired) electrons. The number of nitrogens with zero attached hydrogens (tertiary/aromatic N) is 4. The first-order chi connectivity index (χ1) is 12.4. The van der Waals surface area contributed by atoms with E-state index in [0.29, 0.717) is 18.8 Å². The predicted octanol–water partition coefficient (Wildman–Crippen LogP) is 1.77. The van der Waals surface area contributed by atoms with Crippen molar-refractivity contribution in [3.05, 3.63) is 48.4 Å². The van der Waals surface area contributed by atoms with Gasteiger partial charge in [-0.3, -0.25) is 4.72 Å². The number of aromatic nitrogens is 1. The van der Waals surface area contributed by atoms with Crippen molar-refractivity contribution in [2.75, 3.05) is 54.8 Å². The van der Waals surface area contributed by atoms with Crippen LogP contribution in [0.2, 0.25) is 0 Å². The van der Waals surface area contributed by atoms with Crippen molar-refractivity contribution >= 4 is 27.4 Å². The Morgan fingerprint density at radius 3 is 2.27 bits per heavy atom. The highest BCUT2D eigenvalue weighted by Gasteiger charge is 2.20. The monoisotopic (exact) mass is 379 g/mol. The van der Waals surface area contributed by atoms with Crippen LogP contribution >= 0.6 is 0 Å². The molecule has 0 atom stereocenters. The fourth-order valence-electron chi connectivity index (χ4n) is 2.77. The summed E-state index contributed by atoms with van der Waals surface area (Å²) in [7, 11) is -0.666. The first-order valence-electron chi connectivity index (χ1n) is 8.27. The van der Waals surface area contributed by atoms with E-state index in [9.17, 15) is 12.8 Å². The minimum absolute atomic E-state index is 0.208. The molecule has 2 aromatic rings. The molecule has 1 aliphatic rings. The van der Waals surface area contributed by atoms with Crippen molar-refractivity contribution in [2.45, 2.75) is 0 Å². The van der Waals surface area contributed by atoms with Crippen molar-refractivity contribution in [1.82, 2.24) is 9.29 Å². The summed E-state index contributed by atoms with van der Waals surface area (Å²) in [6.07, 6.45) is 1.65. The fraction of sp³-hybridized carbons (Fsp3) is 0.353. The molecule has 0 unspecified atom stereocenters.